The lowest BCUT2D eigenvalue weighted by molar-refractivity contribution is -0.114. The maximum Gasteiger partial charge on any atom is 0.250 e. The van der Waals surface area contributed by atoms with E-state index in [0.717, 1.165) is 44.5 Å². The number of halogens is 1. The van der Waals surface area contributed by atoms with Crippen molar-refractivity contribution >= 4 is 23.4 Å². The standard InChI is InChI=1S/C34H40FN3O2/c1-2-27-8-10-29(11-9-27)25-36-18-16-30(17-19-36)26-38(34(39)15-12-28-6-4-3-5-7-28)31-13-14-33(32(35)24-31)37-20-22-40-23-21-37/h3-15,24,30H,2,16-23,25-26H2,1H3/b15-12+. The van der Waals surface area contributed by atoms with E-state index in [1.165, 1.54) is 17.2 Å². The zero-order valence-corrected chi connectivity index (χ0v) is 23.5. The van der Waals surface area contributed by atoms with Crippen molar-refractivity contribution in [2.75, 3.05) is 55.7 Å². The van der Waals surface area contributed by atoms with E-state index >= 15 is 4.39 Å². The maximum absolute atomic E-state index is 15.3. The van der Waals surface area contributed by atoms with Crippen LogP contribution in [0.3, 0.4) is 0 Å². The fourth-order valence-corrected chi connectivity index (χ4v) is 5.59. The van der Waals surface area contributed by atoms with Crippen LogP contribution in [-0.2, 0) is 22.5 Å². The molecule has 2 fully saturated rings. The van der Waals surface area contributed by atoms with Crippen molar-refractivity contribution in [1.82, 2.24) is 4.90 Å². The Morgan fingerprint density at radius 2 is 1.65 bits per heavy atom. The Morgan fingerprint density at radius 1 is 0.950 bits per heavy atom. The van der Waals surface area contributed by atoms with Gasteiger partial charge in [0.1, 0.15) is 5.82 Å². The number of aryl methyl sites for hydroxylation is 1. The van der Waals surface area contributed by atoms with Crippen molar-refractivity contribution in [2.45, 2.75) is 32.7 Å². The molecule has 2 aliphatic heterocycles. The van der Waals surface area contributed by atoms with E-state index in [1.54, 1.807) is 11.0 Å². The van der Waals surface area contributed by atoms with Crippen molar-refractivity contribution in [3.05, 3.63) is 101 Å². The number of anilines is 2. The second-order valence-electron chi connectivity index (χ2n) is 10.8. The van der Waals surface area contributed by atoms with Gasteiger partial charge in [0.2, 0.25) is 0 Å². The van der Waals surface area contributed by atoms with Crippen LogP contribution < -0.4 is 9.80 Å². The van der Waals surface area contributed by atoms with Gasteiger partial charge >= 0.3 is 0 Å². The molecule has 2 heterocycles. The summed E-state index contributed by atoms with van der Waals surface area (Å²) in [6.07, 6.45) is 6.51. The number of morpholine rings is 1. The van der Waals surface area contributed by atoms with Crippen molar-refractivity contribution < 1.29 is 13.9 Å². The molecule has 40 heavy (non-hydrogen) atoms. The molecule has 0 N–H and O–H groups in total. The molecular weight excluding hydrogens is 501 g/mol. The van der Waals surface area contributed by atoms with Crippen LogP contribution in [0.25, 0.3) is 6.08 Å². The fraction of sp³-hybridized carbons (Fsp3) is 0.382. The summed E-state index contributed by atoms with van der Waals surface area (Å²) in [6, 6.07) is 23.9. The highest BCUT2D eigenvalue weighted by molar-refractivity contribution is 6.04. The third-order valence-electron chi connectivity index (χ3n) is 8.06. The summed E-state index contributed by atoms with van der Waals surface area (Å²) in [7, 11) is 0. The number of rotatable bonds is 9. The fourth-order valence-electron chi connectivity index (χ4n) is 5.59. The van der Waals surface area contributed by atoms with Gasteiger partial charge in [-0.15, -0.1) is 0 Å². The summed E-state index contributed by atoms with van der Waals surface area (Å²) in [4.78, 5) is 19.8. The molecule has 0 saturated carbocycles. The van der Waals surface area contributed by atoms with Crippen LogP contribution in [0.4, 0.5) is 15.8 Å². The minimum absolute atomic E-state index is 0.124. The monoisotopic (exact) mass is 541 g/mol. The second-order valence-corrected chi connectivity index (χ2v) is 10.8. The zero-order valence-electron chi connectivity index (χ0n) is 23.5. The highest BCUT2D eigenvalue weighted by atomic mass is 19.1. The Hall–Kier alpha value is -3.48. The van der Waals surface area contributed by atoms with Crippen LogP contribution in [0.5, 0.6) is 0 Å². The van der Waals surface area contributed by atoms with Crippen molar-refractivity contribution in [1.29, 1.82) is 0 Å². The first kappa shape index (κ1) is 28.1. The second kappa shape index (κ2) is 13.7. The summed E-state index contributed by atoms with van der Waals surface area (Å²) in [5.41, 5.74) is 4.84. The lowest BCUT2D eigenvalue weighted by atomic mass is 9.95. The van der Waals surface area contributed by atoms with Gasteiger partial charge in [-0.2, -0.15) is 0 Å². The van der Waals surface area contributed by atoms with Gasteiger partial charge in [-0.1, -0.05) is 61.5 Å². The third-order valence-corrected chi connectivity index (χ3v) is 8.06. The molecule has 210 valence electrons. The normalized spacial score (nSPS) is 16.9. The number of ether oxygens (including phenoxy) is 1. The Bertz CT molecular complexity index is 1260. The topological polar surface area (TPSA) is 36.0 Å². The first-order valence-corrected chi connectivity index (χ1v) is 14.6. The largest absolute Gasteiger partial charge is 0.378 e. The number of benzene rings is 3. The average molecular weight is 542 g/mol. The van der Waals surface area contributed by atoms with E-state index in [2.05, 4.69) is 36.1 Å². The smallest absolute Gasteiger partial charge is 0.250 e. The van der Waals surface area contributed by atoms with E-state index in [9.17, 15) is 4.79 Å². The number of carbonyl (C=O) groups is 1. The minimum Gasteiger partial charge on any atom is -0.378 e. The number of nitrogens with zero attached hydrogens (tertiary/aromatic N) is 3. The number of amides is 1. The lowest BCUT2D eigenvalue weighted by Gasteiger charge is -2.35. The van der Waals surface area contributed by atoms with Crippen molar-refractivity contribution in [2.24, 2.45) is 5.92 Å². The lowest BCUT2D eigenvalue weighted by Crippen LogP contribution is -2.40. The zero-order chi connectivity index (χ0) is 27.7. The molecule has 2 aliphatic rings. The van der Waals surface area contributed by atoms with Gasteiger partial charge in [0.15, 0.2) is 0 Å². The number of carbonyl (C=O) groups excluding carboxylic acids is 1. The molecule has 1 amide bonds. The highest BCUT2D eigenvalue weighted by Gasteiger charge is 2.25. The Labute approximate surface area is 237 Å². The van der Waals surface area contributed by atoms with Crippen molar-refractivity contribution in [3.8, 4) is 0 Å². The molecule has 5 nitrogen and oxygen atoms in total. The molecular formula is C34H40FN3O2. The van der Waals surface area contributed by atoms with Gasteiger partial charge in [-0.25, -0.2) is 4.39 Å². The van der Waals surface area contributed by atoms with E-state index < -0.39 is 0 Å². The van der Waals surface area contributed by atoms with Gasteiger partial charge in [0.25, 0.3) is 5.91 Å². The van der Waals surface area contributed by atoms with E-state index in [0.29, 0.717) is 50.1 Å². The summed E-state index contributed by atoms with van der Waals surface area (Å²) < 4.78 is 20.8. The molecule has 0 spiro atoms. The molecule has 6 heteroatoms. The summed E-state index contributed by atoms with van der Waals surface area (Å²) in [6.45, 7) is 8.22. The number of hydrogen-bond donors (Lipinski definition) is 0. The molecule has 3 aromatic carbocycles. The average Bonchev–Trinajstić information content (AvgIpc) is 3.01. The molecule has 0 aromatic heterocycles. The van der Waals surface area contributed by atoms with Crippen LogP contribution in [0.2, 0.25) is 0 Å². The van der Waals surface area contributed by atoms with Crippen molar-refractivity contribution in [3.63, 3.8) is 0 Å². The number of piperidine rings is 1. The third kappa shape index (κ3) is 7.38. The Balaban J connectivity index is 1.27. The molecule has 0 radical (unpaired) electrons. The predicted molar refractivity (Wildman–Crippen MR) is 161 cm³/mol. The molecule has 2 saturated heterocycles. The minimum atomic E-state index is -0.298. The summed E-state index contributed by atoms with van der Waals surface area (Å²) in [5, 5.41) is 0. The van der Waals surface area contributed by atoms with E-state index in [-0.39, 0.29) is 11.7 Å². The maximum atomic E-state index is 15.3. The Kier molecular flexibility index (Phi) is 9.63. The van der Waals surface area contributed by atoms with Crippen LogP contribution >= 0.6 is 0 Å². The molecule has 0 unspecified atom stereocenters. The van der Waals surface area contributed by atoms with Crippen LogP contribution in [0.15, 0.2) is 78.9 Å². The first-order valence-electron chi connectivity index (χ1n) is 14.6. The summed E-state index contributed by atoms with van der Waals surface area (Å²) in [5.74, 6) is -0.0660. The van der Waals surface area contributed by atoms with E-state index in [4.69, 9.17) is 4.74 Å². The molecule has 5 rings (SSSR count). The van der Waals surface area contributed by atoms with Crippen LogP contribution in [-0.4, -0.2) is 56.7 Å². The Morgan fingerprint density at radius 3 is 2.33 bits per heavy atom. The van der Waals surface area contributed by atoms with Gasteiger partial charge in [0, 0.05) is 37.9 Å². The van der Waals surface area contributed by atoms with Crippen LogP contribution in [0.1, 0.15) is 36.5 Å². The van der Waals surface area contributed by atoms with Gasteiger partial charge in [-0.05, 0) is 79.2 Å². The molecule has 0 bridgehead atoms. The molecule has 3 aromatic rings. The number of hydrogen-bond acceptors (Lipinski definition) is 4. The predicted octanol–water partition coefficient (Wildman–Crippen LogP) is 6.18. The highest BCUT2D eigenvalue weighted by Crippen LogP contribution is 2.29. The van der Waals surface area contributed by atoms with Crippen LogP contribution in [0, 0.1) is 11.7 Å². The van der Waals surface area contributed by atoms with E-state index in [1.807, 2.05) is 53.4 Å². The van der Waals surface area contributed by atoms with Gasteiger partial charge in [0.05, 0.1) is 18.9 Å². The molecule has 0 atom stereocenters. The molecule has 0 aliphatic carbocycles. The SMILES string of the molecule is CCc1ccc(CN2CCC(CN(C(=O)/C=C/c3ccccc3)c3ccc(N4CCOCC4)c(F)c3)CC2)cc1. The first-order chi connectivity index (χ1) is 19.6. The quantitative estimate of drug-likeness (QED) is 0.303. The number of likely N-dealkylation sites (tertiary alicyclic amines) is 1. The van der Waals surface area contributed by atoms with Gasteiger partial charge < -0.3 is 14.5 Å². The summed E-state index contributed by atoms with van der Waals surface area (Å²) >= 11 is 0. The van der Waals surface area contributed by atoms with Gasteiger partial charge in [-0.3, -0.25) is 9.69 Å².